The molecule has 130 valence electrons. The molecule has 0 fully saturated rings. The van der Waals surface area contributed by atoms with E-state index in [0.29, 0.717) is 0 Å². The van der Waals surface area contributed by atoms with E-state index < -0.39 is 0 Å². The number of hydrogen-bond acceptors (Lipinski definition) is 2. The standard InChI is InChI=1S/C22H21N3S/c1-15-2-4-16(5-3-15)21(24-11-9-23-14-24)19-12-17-6-7-20(26)25-10-8-18(13-19)22(17)25/h2-5,9,11-14,21H,6-8,10H2,1H3. The second kappa shape index (κ2) is 6.06. The van der Waals surface area contributed by atoms with E-state index in [4.69, 9.17) is 12.2 Å². The van der Waals surface area contributed by atoms with Gasteiger partial charge in [-0.15, -0.1) is 0 Å². The maximum absolute atomic E-state index is 5.59. The van der Waals surface area contributed by atoms with Crippen LogP contribution < -0.4 is 4.90 Å². The molecular formula is C22H21N3S. The van der Waals surface area contributed by atoms with Crippen LogP contribution in [0.2, 0.25) is 0 Å². The molecule has 0 bridgehead atoms. The minimum atomic E-state index is 0.155. The lowest BCUT2D eigenvalue weighted by atomic mass is 9.91. The first kappa shape index (κ1) is 15.8. The molecule has 0 spiro atoms. The van der Waals surface area contributed by atoms with E-state index in [1.807, 2.05) is 12.5 Å². The van der Waals surface area contributed by atoms with Gasteiger partial charge in [-0.3, -0.25) is 0 Å². The molecule has 2 aromatic carbocycles. The van der Waals surface area contributed by atoms with E-state index in [1.54, 1.807) is 0 Å². The summed E-state index contributed by atoms with van der Waals surface area (Å²) in [4.78, 5) is 7.76. The van der Waals surface area contributed by atoms with Crippen LogP contribution in [0.15, 0.2) is 55.1 Å². The highest BCUT2D eigenvalue weighted by Crippen LogP contribution is 2.40. The summed E-state index contributed by atoms with van der Waals surface area (Å²) in [6.07, 6.45) is 8.97. The van der Waals surface area contributed by atoms with E-state index in [1.165, 1.54) is 33.5 Å². The summed E-state index contributed by atoms with van der Waals surface area (Å²) in [5, 5.41) is 0. The van der Waals surface area contributed by atoms with Gasteiger partial charge in [0.15, 0.2) is 0 Å². The van der Waals surface area contributed by atoms with Crippen LogP contribution in [0.3, 0.4) is 0 Å². The Morgan fingerprint density at radius 1 is 1.00 bits per heavy atom. The zero-order valence-corrected chi connectivity index (χ0v) is 15.7. The lowest BCUT2D eigenvalue weighted by Gasteiger charge is -2.29. The number of anilines is 1. The van der Waals surface area contributed by atoms with Crippen molar-refractivity contribution >= 4 is 22.9 Å². The predicted octanol–water partition coefficient (Wildman–Crippen LogP) is 4.47. The van der Waals surface area contributed by atoms with E-state index in [9.17, 15) is 0 Å². The van der Waals surface area contributed by atoms with Crippen molar-refractivity contribution in [2.75, 3.05) is 11.4 Å². The number of nitrogens with zero attached hydrogens (tertiary/aromatic N) is 3. The summed E-state index contributed by atoms with van der Waals surface area (Å²) < 4.78 is 2.21. The van der Waals surface area contributed by atoms with Crippen molar-refractivity contribution in [2.24, 2.45) is 0 Å². The number of aromatic nitrogens is 2. The van der Waals surface area contributed by atoms with Gasteiger partial charge in [-0.1, -0.05) is 54.2 Å². The number of thiocarbonyl (C=S) groups is 1. The Bertz CT molecular complexity index is 973. The van der Waals surface area contributed by atoms with Crippen LogP contribution in [0.4, 0.5) is 5.69 Å². The summed E-state index contributed by atoms with van der Waals surface area (Å²) in [7, 11) is 0. The van der Waals surface area contributed by atoms with Gasteiger partial charge >= 0.3 is 0 Å². The molecule has 26 heavy (non-hydrogen) atoms. The van der Waals surface area contributed by atoms with Crippen molar-refractivity contribution in [3.63, 3.8) is 0 Å². The van der Waals surface area contributed by atoms with E-state index in [-0.39, 0.29) is 6.04 Å². The van der Waals surface area contributed by atoms with Crippen LogP contribution in [-0.2, 0) is 12.8 Å². The first-order valence-corrected chi connectivity index (χ1v) is 9.61. The Kier molecular flexibility index (Phi) is 3.68. The van der Waals surface area contributed by atoms with Crippen molar-refractivity contribution in [1.82, 2.24) is 9.55 Å². The minimum absolute atomic E-state index is 0.155. The largest absolute Gasteiger partial charge is 0.335 e. The van der Waals surface area contributed by atoms with Crippen LogP contribution in [-0.4, -0.2) is 21.1 Å². The molecule has 0 N–H and O–H groups in total. The van der Waals surface area contributed by atoms with Gasteiger partial charge < -0.3 is 9.47 Å². The molecule has 1 aromatic heterocycles. The second-order valence-electron chi connectivity index (χ2n) is 7.31. The molecule has 0 saturated heterocycles. The first-order valence-electron chi connectivity index (χ1n) is 9.21. The zero-order chi connectivity index (χ0) is 17.7. The van der Waals surface area contributed by atoms with Crippen molar-refractivity contribution < 1.29 is 0 Å². The van der Waals surface area contributed by atoms with Crippen molar-refractivity contribution in [2.45, 2.75) is 32.2 Å². The zero-order valence-electron chi connectivity index (χ0n) is 14.9. The van der Waals surface area contributed by atoms with Gasteiger partial charge in [-0.2, -0.15) is 0 Å². The highest BCUT2D eigenvalue weighted by Gasteiger charge is 2.30. The molecule has 4 heteroatoms. The van der Waals surface area contributed by atoms with Crippen LogP contribution in [0, 0.1) is 6.92 Å². The molecule has 3 aromatic rings. The van der Waals surface area contributed by atoms with Crippen LogP contribution in [0.5, 0.6) is 0 Å². The molecule has 3 nitrogen and oxygen atoms in total. The molecule has 2 aliphatic rings. The predicted molar refractivity (Wildman–Crippen MR) is 109 cm³/mol. The summed E-state index contributed by atoms with van der Waals surface area (Å²) in [5.41, 5.74) is 8.19. The van der Waals surface area contributed by atoms with E-state index >= 15 is 0 Å². The smallest absolute Gasteiger partial charge is 0.0954 e. The average molecular weight is 359 g/mol. The molecule has 2 aliphatic heterocycles. The fourth-order valence-electron chi connectivity index (χ4n) is 4.35. The summed E-state index contributed by atoms with van der Waals surface area (Å²) >= 11 is 5.59. The van der Waals surface area contributed by atoms with Gasteiger partial charge in [0.2, 0.25) is 0 Å². The number of benzene rings is 2. The van der Waals surface area contributed by atoms with Gasteiger partial charge in [0.25, 0.3) is 0 Å². The fraction of sp³-hybridized carbons (Fsp3) is 0.273. The van der Waals surface area contributed by atoms with Crippen LogP contribution in [0.25, 0.3) is 0 Å². The minimum Gasteiger partial charge on any atom is -0.335 e. The van der Waals surface area contributed by atoms with E-state index in [0.717, 1.165) is 30.8 Å². The maximum Gasteiger partial charge on any atom is 0.0954 e. The molecule has 0 aliphatic carbocycles. The molecule has 0 saturated carbocycles. The van der Waals surface area contributed by atoms with Crippen molar-refractivity contribution in [3.8, 4) is 0 Å². The third-order valence-electron chi connectivity index (χ3n) is 5.61. The maximum atomic E-state index is 5.59. The van der Waals surface area contributed by atoms with Crippen molar-refractivity contribution in [3.05, 3.63) is 82.9 Å². The summed E-state index contributed by atoms with van der Waals surface area (Å²) in [6, 6.07) is 13.8. The normalized spacial score (nSPS) is 16.7. The molecule has 1 atom stereocenters. The van der Waals surface area contributed by atoms with Crippen LogP contribution >= 0.6 is 12.2 Å². The number of hydrogen-bond donors (Lipinski definition) is 0. The van der Waals surface area contributed by atoms with E-state index in [2.05, 4.69) is 64.0 Å². The molecule has 0 amide bonds. The topological polar surface area (TPSA) is 21.1 Å². The monoisotopic (exact) mass is 359 g/mol. The van der Waals surface area contributed by atoms with Gasteiger partial charge in [-0.25, -0.2) is 4.98 Å². The highest BCUT2D eigenvalue weighted by atomic mass is 32.1. The van der Waals surface area contributed by atoms with Gasteiger partial charge in [-0.05, 0) is 42.0 Å². The highest BCUT2D eigenvalue weighted by molar-refractivity contribution is 7.80. The van der Waals surface area contributed by atoms with Crippen molar-refractivity contribution in [1.29, 1.82) is 0 Å². The Morgan fingerprint density at radius 2 is 1.77 bits per heavy atom. The van der Waals surface area contributed by atoms with Gasteiger partial charge in [0.05, 0.1) is 17.4 Å². The molecule has 0 radical (unpaired) electrons. The molecular weight excluding hydrogens is 338 g/mol. The Hall–Kier alpha value is -2.46. The third-order valence-corrected chi connectivity index (χ3v) is 6.03. The fourth-order valence-corrected chi connectivity index (χ4v) is 4.63. The third kappa shape index (κ3) is 2.48. The molecule has 1 unspecified atom stereocenters. The Morgan fingerprint density at radius 3 is 2.50 bits per heavy atom. The van der Waals surface area contributed by atoms with Gasteiger partial charge in [0, 0.05) is 31.0 Å². The average Bonchev–Trinajstić information content (AvgIpc) is 3.31. The first-order chi connectivity index (χ1) is 12.7. The molecule has 3 heterocycles. The van der Waals surface area contributed by atoms with Crippen LogP contribution in [0.1, 0.15) is 40.3 Å². The molecule has 5 rings (SSSR count). The quantitative estimate of drug-likeness (QED) is 0.644. The second-order valence-corrected chi connectivity index (χ2v) is 7.78. The lowest BCUT2D eigenvalue weighted by Crippen LogP contribution is -2.31. The van der Waals surface area contributed by atoms with Gasteiger partial charge in [0.1, 0.15) is 0 Å². The summed E-state index contributed by atoms with van der Waals surface area (Å²) in [6.45, 7) is 3.16. The number of aryl methyl sites for hydroxylation is 2. The summed E-state index contributed by atoms with van der Waals surface area (Å²) in [5.74, 6) is 0. The lowest BCUT2D eigenvalue weighted by molar-refractivity contribution is 0.675. The SMILES string of the molecule is Cc1ccc(C(c2cc3c4c(c2)CCN4C(=S)CC3)n2ccnc2)cc1. The Labute approximate surface area is 159 Å². The number of imidazole rings is 1. The Balaban J connectivity index is 1.66. The number of rotatable bonds is 3.